The summed E-state index contributed by atoms with van der Waals surface area (Å²) < 4.78 is 59.4. The van der Waals surface area contributed by atoms with Crippen LogP contribution in [0.15, 0.2) is 48.9 Å². The molecule has 0 unspecified atom stereocenters. The zero-order valence-corrected chi connectivity index (χ0v) is 20.1. The van der Waals surface area contributed by atoms with Crippen molar-refractivity contribution in [2.24, 2.45) is 0 Å². The van der Waals surface area contributed by atoms with E-state index in [4.69, 9.17) is 9.84 Å². The highest BCUT2D eigenvalue weighted by atomic mass is 19.3. The molecule has 0 fully saturated rings. The van der Waals surface area contributed by atoms with Crippen LogP contribution in [0.1, 0.15) is 58.3 Å². The molecule has 196 valence electrons. The summed E-state index contributed by atoms with van der Waals surface area (Å²) in [6.07, 6.45) is 1.80. The molecule has 0 saturated carbocycles. The highest BCUT2D eigenvalue weighted by Gasteiger charge is 2.46. The van der Waals surface area contributed by atoms with Crippen LogP contribution in [0.5, 0.6) is 5.75 Å². The molecule has 2 aliphatic rings. The summed E-state index contributed by atoms with van der Waals surface area (Å²) in [4.78, 5) is 22.7. The lowest BCUT2D eigenvalue weighted by molar-refractivity contribution is -0.0939. The van der Waals surface area contributed by atoms with E-state index in [9.17, 15) is 27.5 Å². The SMILES string of the molecule is CN1C(=O)c2cccc(OC(F)F)c2[C@H]2C[C@@H]1c1nn3ccc(-c4cnc([C@@](C)(O)C(F)F)nc4)cc3c12. The fraction of sp³-hybridized carbons (Fsp3) is 0.308. The van der Waals surface area contributed by atoms with Crippen LogP contribution in [-0.4, -0.2) is 55.6 Å². The third-order valence-electron chi connectivity index (χ3n) is 7.34. The van der Waals surface area contributed by atoms with Gasteiger partial charge in [0.15, 0.2) is 11.4 Å². The Morgan fingerprint density at radius 2 is 1.84 bits per heavy atom. The molecule has 1 N–H and O–H groups in total. The van der Waals surface area contributed by atoms with Gasteiger partial charge in [-0.25, -0.2) is 23.3 Å². The average molecular weight is 527 g/mol. The van der Waals surface area contributed by atoms with E-state index in [2.05, 4.69) is 9.97 Å². The summed E-state index contributed by atoms with van der Waals surface area (Å²) in [5.74, 6) is -1.18. The maximum Gasteiger partial charge on any atom is 0.387 e. The number of carbonyl (C=O) groups excluding carboxylic acids is 1. The van der Waals surface area contributed by atoms with Crippen LogP contribution in [0, 0.1) is 0 Å². The standard InChI is InChI=1S/C26H21F4N5O3/c1-26(37,23(27)28)24-31-10-13(11-32-24)12-6-7-35-16(8-12)20-15-9-17(21(20)33-35)34(2)22(36)14-4-3-5-18(19(14)15)38-25(29)30/h3-8,10-11,15,17,23,25,37H,9H2,1-2H3/t15-,17-,26+/m1/s1. The van der Waals surface area contributed by atoms with Crippen molar-refractivity contribution >= 4 is 11.4 Å². The Morgan fingerprint density at radius 1 is 1.11 bits per heavy atom. The number of benzene rings is 1. The molecule has 0 radical (unpaired) electrons. The van der Waals surface area contributed by atoms with Gasteiger partial charge in [-0.05, 0) is 43.2 Å². The first kappa shape index (κ1) is 24.3. The number of amides is 1. The van der Waals surface area contributed by atoms with E-state index in [1.807, 2.05) is 6.07 Å². The fourth-order valence-corrected chi connectivity index (χ4v) is 5.38. The van der Waals surface area contributed by atoms with Crippen LogP contribution >= 0.6 is 0 Å². The topological polar surface area (TPSA) is 92.9 Å². The van der Waals surface area contributed by atoms with Gasteiger partial charge in [-0.3, -0.25) is 4.79 Å². The normalized spacial score (nSPS) is 20.0. The molecule has 3 atom stereocenters. The molecule has 6 rings (SSSR count). The second kappa shape index (κ2) is 8.48. The first-order valence-electron chi connectivity index (χ1n) is 11.8. The summed E-state index contributed by atoms with van der Waals surface area (Å²) in [5, 5.41) is 14.7. The maximum atomic E-state index is 13.3. The van der Waals surface area contributed by atoms with E-state index in [1.165, 1.54) is 24.5 Å². The van der Waals surface area contributed by atoms with Crippen molar-refractivity contribution in [1.82, 2.24) is 24.5 Å². The third-order valence-corrected chi connectivity index (χ3v) is 7.34. The lowest BCUT2D eigenvalue weighted by atomic mass is 9.88. The van der Waals surface area contributed by atoms with Gasteiger partial charge in [-0.2, -0.15) is 13.9 Å². The number of hydrogen-bond acceptors (Lipinski definition) is 6. The Kier molecular flexibility index (Phi) is 5.42. The number of aromatic nitrogens is 4. The fourth-order valence-electron chi connectivity index (χ4n) is 5.38. The molecule has 4 aromatic rings. The number of pyridine rings is 1. The number of halogens is 4. The Bertz CT molecular complexity index is 1570. The zero-order valence-electron chi connectivity index (χ0n) is 20.1. The van der Waals surface area contributed by atoms with Crippen LogP contribution in [0.4, 0.5) is 17.6 Å². The number of nitrogens with zero attached hydrogens (tertiary/aromatic N) is 5. The second-order valence-corrected chi connectivity index (χ2v) is 9.60. The predicted octanol–water partition coefficient (Wildman–Crippen LogP) is 4.53. The molecule has 8 nitrogen and oxygen atoms in total. The van der Waals surface area contributed by atoms with Gasteiger partial charge in [0.25, 0.3) is 12.3 Å². The van der Waals surface area contributed by atoms with Gasteiger partial charge in [0.1, 0.15) is 5.75 Å². The third kappa shape index (κ3) is 3.54. The number of ether oxygens (including phenoxy) is 1. The lowest BCUT2D eigenvalue weighted by Crippen LogP contribution is -2.32. The molecule has 38 heavy (non-hydrogen) atoms. The van der Waals surface area contributed by atoms with E-state index in [0.29, 0.717) is 39.9 Å². The molecule has 2 bridgehead atoms. The predicted molar refractivity (Wildman–Crippen MR) is 126 cm³/mol. The van der Waals surface area contributed by atoms with E-state index in [-0.39, 0.29) is 17.7 Å². The summed E-state index contributed by atoms with van der Waals surface area (Å²) in [5.41, 5.74) is 1.53. The van der Waals surface area contributed by atoms with Crippen molar-refractivity contribution in [2.75, 3.05) is 7.05 Å². The smallest absolute Gasteiger partial charge is 0.387 e. The molecule has 3 aromatic heterocycles. The zero-order chi connectivity index (χ0) is 26.9. The first-order chi connectivity index (χ1) is 18.1. The van der Waals surface area contributed by atoms with Crippen molar-refractivity contribution in [2.45, 2.75) is 43.9 Å². The van der Waals surface area contributed by atoms with E-state index in [0.717, 1.165) is 12.5 Å². The molecule has 1 amide bonds. The van der Waals surface area contributed by atoms with Gasteiger partial charge in [0, 0.05) is 53.8 Å². The number of rotatable bonds is 5. The van der Waals surface area contributed by atoms with Crippen molar-refractivity contribution in [1.29, 1.82) is 0 Å². The van der Waals surface area contributed by atoms with Gasteiger partial charge in [0.05, 0.1) is 17.3 Å². The lowest BCUT2D eigenvalue weighted by Gasteiger charge is -2.23. The first-order valence-corrected chi connectivity index (χ1v) is 11.8. The van der Waals surface area contributed by atoms with Crippen molar-refractivity contribution in [3.63, 3.8) is 0 Å². The summed E-state index contributed by atoms with van der Waals surface area (Å²) in [6, 6.07) is 7.77. The molecule has 0 saturated heterocycles. The molecule has 0 spiro atoms. The maximum absolute atomic E-state index is 13.3. The molecular formula is C26H21F4N5O3. The Balaban J connectivity index is 1.49. The van der Waals surface area contributed by atoms with Gasteiger partial charge in [-0.1, -0.05) is 6.07 Å². The van der Waals surface area contributed by atoms with E-state index >= 15 is 0 Å². The molecule has 4 heterocycles. The quantitative estimate of drug-likeness (QED) is 0.384. The Morgan fingerprint density at radius 3 is 2.53 bits per heavy atom. The minimum atomic E-state index is -3.06. The van der Waals surface area contributed by atoms with Crippen molar-refractivity contribution < 1.29 is 32.2 Å². The van der Waals surface area contributed by atoms with Gasteiger partial charge in [0.2, 0.25) is 0 Å². The Hall–Kier alpha value is -4.06. The van der Waals surface area contributed by atoms with Gasteiger partial charge >= 0.3 is 6.61 Å². The van der Waals surface area contributed by atoms with Crippen LogP contribution in [0.25, 0.3) is 16.6 Å². The second-order valence-electron chi connectivity index (χ2n) is 9.60. The number of carbonyl (C=O) groups is 1. The molecule has 12 heteroatoms. The largest absolute Gasteiger partial charge is 0.434 e. The number of hydrogen-bond donors (Lipinski definition) is 1. The number of fused-ring (bicyclic) bond motifs is 9. The average Bonchev–Trinajstić information content (AvgIpc) is 3.41. The summed E-state index contributed by atoms with van der Waals surface area (Å²) in [7, 11) is 1.66. The molecular weight excluding hydrogens is 506 g/mol. The van der Waals surface area contributed by atoms with Crippen molar-refractivity contribution in [3.8, 4) is 16.9 Å². The van der Waals surface area contributed by atoms with E-state index in [1.54, 1.807) is 34.8 Å². The van der Waals surface area contributed by atoms with Gasteiger partial charge < -0.3 is 14.7 Å². The summed E-state index contributed by atoms with van der Waals surface area (Å²) in [6.45, 7) is -2.11. The van der Waals surface area contributed by atoms with Crippen molar-refractivity contribution in [3.05, 3.63) is 77.1 Å². The minimum Gasteiger partial charge on any atom is -0.434 e. The highest BCUT2D eigenvalue weighted by Crippen LogP contribution is 2.53. The highest BCUT2D eigenvalue weighted by molar-refractivity contribution is 5.98. The summed E-state index contributed by atoms with van der Waals surface area (Å²) >= 11 is 0. The number of aliphatic hydroxyl groups is 1. The van der Waals surface area contributed by atoms with Gasteiger partial charge in [-0.15, -0.1) is 0 Å². The minimum absolute atomic E-state index is 0.0525. The Labute approximate surface area is 213 Å². The molecule has 1 aromatic carbocycles. The monoisotopic (exact) mass is 527 g/mol. The van der Waals surface area contributed by atoms with Crippen LogP contribution in [0.3, 0.4) is 0 Å². The van der Waals surface area contributed by atoms with Crippen LogP contribution < -0.4 is 4.74 Å². The molecule has 1 aliphatic carbocycles. The number of alkyl halides is 4. The van der Waals surface area contributed by atoms with E-state index < -0.39 is 30.4 Å². The van der Waals surface area contributed by atoms with Crippen LogP contribution in [0.2, 0.25) is 0 Å². The molecule has 1 aliphatic heterocycles. The van der Waals surface area contributed by atoms with Crippen LogP contribution in [-0.2, 0) is 5.60 Å².